The maximum Gasteiger partial charge on any atom is 0.268 e. The highest BCUT2D eigenvalue weighted by atomic mass is 35.5. The normalized spacial score (nSPS) is 10.9. The minimum Gasteiger partial charge on any atom is -0.350 e. The van der Waals surface area contributed by atoms with Crippen LogP contribution in [0.3, 0.4) is 0 Å². The minimum absolute atomic E-state index is 0.250. The number of fused-ring (bicyclic) bond motifs is 1. The first-order valence-electron chi connectivity index (χ1n) is 8.51. The lowest BCUT2D eigenvalue weighted by atomic mass is 10.0. The standard InChI is InChI=1S/C22H16ClFN2O/c23-16-8-6-14(7-9-16)13-25-22(27)21-20(15-4-2-1-3-5-15)18-12-17(24)10-11-19(18)26-21/h1-12,26H,13H2,(H,25,27). The van der Waals surface area contributed by atoms with E-state index in [1.807, 2.05) is 42.5 Å². The van der Waals surface area contributed by atoms with Crippen molar-refractivity contribution in [1.82, 2.24) is 10.3 Å². The predicted molar refractivity (Wildman–Crippen MR) is 106 cm³/mol. The Bertz CT molecular complexity index is 1100. The molecule has 0 aliphatic carbocycles. The molecule has 0 radical (unpaired) electrons. The first kappa shape index (κ1) is 17.3. The van der Waals surface area contributed by atoms with E-state index in [-0.39, 0.29) is 11.7 Å². The summed E-state index contributed by atoms with van der Waals surface area (Å²) in [5.41, 5.74) is 3.61. The molecule has 0 saturated carbocycles. The molecule has 0 aliphatic heterocycles. The van der Waals surface area contributed by atoms with Crippen LogP contribution in [0, 0.1) is 5.82 Å². The molecule has 0 unspecified atom stereocenters. The SMILES string of the molecule is O=C(NCc1ccc(Cl)cc1)c1[nH]c2ccc(F)cc2c1-c1ccccc1. The van der Waals surface area contributed by atoms with Crippen LogP contribution >= 0.6 is 11.6 Å². The van der Waals surface area contributed by atoms with Crippen molar-refractivity contribution in [3.63, 3.8) is 0 Å². The van der Waals surface area contributed by atoms with Gasteiger partial charge in [0.25, 0.3) is 5.91 Å². The lowest BCUT2D eigenvalue weighted by Gasteiger charge is -2.07. The van der Waals surface area contributed by atoms with Crippen molar-refractivity contribution >= 4 is 28.4 Å². The molecule has 134 valence electrons. The second-order valence-electron chi connectivity index (χ2n) is 6.24. The van der Waals surface area contributed by atoms with E-state index in [0.29, 0.717) is 33.7 Å². The molecule has 3 nitrogen and oxygen atoms in total. The van der Waals surface area contributed by atoms with Gasteiger partial charge in [0.1, 0.15) is 11.5 Å². The van der Waals surface area contributed by atoms with Crippen LogP contribution in [0.5, 0.6) is 0 Å². The number of aromatic nitrogens is 1. The van der Waals surface area contributed by atoms with E-state index in [2.05, 4.69) is 10.3 Å². The molecule has 1 aromatic heterocycles. The fraction of sp³-hybridized carbons (Fsp3) is 0.0455. The molecule has 0 spiro atoms. The van der Waals surface area contributed by atoms with E-state index in [9.17, 15) is 9.18 Å². The molecule has 0 fully saturated rings. The van der Waals surface area contributed by atoms with Crippen molar-refractivity contribution in [3.8, 4) is 11.1 Å². The van der Waals surface area contributed by atoms with E-state index < -0.39 is 0 Å². The van der Waals surface area contributed by atoms with Gasteiger partial charge in [0.2, 0.25) is 0 Å². The lowest BCUT2D eigenvalue weighted by molar-refractivity contribution is 0.0947. The Hall–Kier alpha value is -3.11. The maximum absolute atomic E-state index is 13.8. The highest BCUT2D eigenvalue weighted by Gasteiger charge is 2.19. The molecule has 0 atom stereocenters. The van der Waals surface area contributed by atoms with Crippen molar-refractivity contribution in [1.29, 1.82) is 0 Å². The second kappa shape index (κ2) is 7.25. The number of benzene rings is 3. The van der Waals surface area contributed by atoms with E-state index in [4.69, 9.17) is 11.6 Å². The summed E-state index contributed by atoms with van der Waals surface area (Å²) in [6, 6.07) is 21.3. The molecule has 5 heteroatoms. The monoisotopic (exact) mass is 378 g/mol. The van der Waals surface area contributed by atoms with Gasteiger partial charge >= 0.3 is 0 Å². The van der Waals surface area contributed by atoms with Crippen molar-refractivity contribution < 1.29 is 9.18 Å². The van der Waals surface area contributed by atoms with E-state index in [1.165, 1.54) is 12.1 Å². The van der Waals surface area contributed by atoms with Crippen LogP contribution in [0.4, 0.5) is 4.39 Å². The van der Waals surface area contributed by atoms with Crippen LogP contribution in [0.15, 0.2) is 72.8 Å². The molecule has 0 aliphatic rings. The number of halogens is 2. The number of nitrogens with one attached hydrogen (secondary N) is 2. The van der Waals surface area contributed by atoms with Crippen LogP contribution in [-0.2, 0) is 6.54 Å². The van der Waals surface area contributed by atoms with Crippen LogP contribution in [0.25, 0.3) is 22.0 Å². The average molecular weight is 379 g/mol. The largest absolute Gasteiger partial charge is 0.350 e. The highest BCUT2D eigenvalue weighted by Crippen LogP contribution is 2.33. The third-order valence-electron chi connectivity index (χ3n) is 4.42. The Labute approximate surface area is 160 Å². The van der Waals surface area contributed by atoms with Gasteiger partial charge in [0.15, 0.2) is 0 Å². The van der Waals surface area contributed by atoms with Gasteiger partial charge in [0.05, 0.1) is 0 Å². The number of hydrogen-bond acceptors (Lipinski definition) is 1. The Morgan fingerprint density at radius 1 is 1.00 bits per heavy atom. The summed E-state index contributed by atoms with van der Waals surface area (Å²) in [4.78, 5) is 16.0. The Balaban J connectivity index is 1.72. The molecule has 4 aromatic rings. The minimum atomic E-state index is -0.341. The Kier molecular flexibility index (Phi) is 4.65. The molecule has 4 rings (SSSR count). The number of amides is 1. The van der Waals surface area contributed by atoms with E-state index in [0.717, 1.165) is 11.1 Å². The first-order valence-corrected chi connectivity index (χ1v) is 8.89. The number of carbonyl (C=O) groups is 1. The number of aromatic amines is 1. The topological polar surface area (TPSA) is 44.9 Å². The molecule has 27 heavy (non-hydrogen) atoms. The molecule has 0 saturated heterocycles. The predicted octanol–water partition coefficient (Wildman–Crippen LogP) is 5.56. The second-order valence-corrected chi connectivity index (χ2v) is 6.68. The fourth-order valence-electron chi connectivity index (χ4n) is 3.11. The highest BCUT2D eigenvalue weighted by molar-refractivity contribution is 6.30. The van der Waals surface area contributed by atoms with Gasteiger partial charge in [-0.3, -0.25) is 4.79 Å². The molecule has 1 heterocycles. The smallest absolute Gasteiger partial charge is 0.268 e. The third kappa shape index (κ3) is 3.57. The molecule has 2 N–H and O–H groups in total. The first-order chi connectivity index (χ1) is 13.1. The zero-order valence-corrected chi connectivity index (χ0v) is 15.1. The molecular weight excluding hydrogens is 363 g/mol. The van der Waals surface area contributed by atoms with Gasteiger partial charge in [-0.15, -0.1) is 0 Å². The number of hydrogen-bond donors (Lipinski definition) is 2. The van der Waals surface area contributed by atoms with Crippen LogP contribution in [0.2, 0.25) is 5.02 Å². The van der Waals surface area contributed by atoms with E-state index in [1.54, 1.807) is 18.2 Å². The molecule has 3 aromatic carbocycles. The van der Waals surface area contributed by atoms with Gasteiger partial charge in [-0.25, -0.2) is 4.39 Å². The lowest BCUT2D eigenvalue weighted by Crippen LogP contribution is -2.23. The number of rotatable bonds is 4. The summed E-state index contributed by atoms with van der Waals surface area (Å²) < 4.78 is 13.8. The van der Waals surface area contributed by atoms with Gasteiger partial charge in [0, 0.05) is 28.0 Å². The fourth-order valence-corrected chi connectivity index (χ4v) is 3.24. The summed E-state index contributed by atoms with van der Waals surface area (Å²) in [6.45, 7) is 0.369. The summed E-state index contributed by atoms with van der Waals surface area (Å²) in [6.07, 6.45) is 0. The summed E-state index contributed by atoms with van der Waals surface area (Å²) in [7, 11) is 0. The van der Waals surface area contributed by atoms with E-state index >= 15 is 0 Å². The maximum atomic E-state index is 13.8. The van der Waals surface area contributed by atoms with Gasteiger partial charge in [-0.05, 0) is 41.5 Å². The average Bonchev–Trinajstić information content (AvgIpc) is 3.06. The molecular formula is C22H16ClFN2O. The molecule has 1 amide bonds. The van der Waals surface area contributed by atoms with Crippen molar-refractivity contribution in [2.24, 2.45) is 0 Å². The Morgan fingerprint density at radius 2 is 1.74 bits per heavy atom. The van der Waals surface area contributed by atoms with Crippen LogP contribution in [-0.4, -0.2) is 10.9 Å². The van der Waals surface area contributed by atoms with Gasteiger partial charge in [-0.1, -0.05) is 54.1 Å². The van der Waals surface area contributed by atoms with Gasteiger partial charge < -0.3 is 10.3 Å². The zero-order valence-electron chi connectivity index (χ0n) is 14.3. The van der Waals surface area contributed by atoms with Crippen molar-refractivity contribution in [3.05, 3.63) is 94.9 Å². The van der Waals surface area contributed by atoms with Crippen LogP contribution < -0.4 is 5.32 Å². The summed E-state index contributed by atoms with van der Waals surface area (Å²) >= 11 is 5.89. The third-order valence-corrected chi connectivity index (χ3v) is 4.67. The number of H-pyrrole nitrogens is 1. The van der Waals surface area contributed by atoms with Crippen molar-refractivity contribution in [2.75, 3.05) is 0 Å². The summed E-state index contributed by atoms with van der Waals surface area (Å²) in [5, 5.41) is 4.24. The summed E-state index contributed by atoms with van der Waals surface area (Å²) in [5.74, 6) is -0.591. The quantitative estimate of drug-likeness (QED) is 0.480. The Morgan fingerprint density at radius 3 is 2.48 bits per heavy atom. The zero-order chi connectivity index (χ0) is 18.8. The van der Waals surface area contributed by atoms with Crippen molar-refractivity contribution in [2.45, 2.75) is 6.54 Å². The molecule has 0 bridgehead atoms. The van der Waals surface area contributed by atoms with Gasteiger partial charge in [-0.2, -0.15) is 0 Å². The van der Waals surface area contributed by atoms with Crippen LogP contribution in [0.1, 0.15) is 16.1 Å². The number of carbonyl (C=O) groups excluding carboxylic acids is 1.